The minimum atomic E-state index is -3.80. The Bertz CT molecular complexity index is 529. The van der Waals surface area contributed by atoms with E-state index in [0.29, 0.717) is 12.3 Å². The number of nitrogens with one attached hydrogen (secondary N) is 1. The summed E-state index contributed by atoms with van der Waals surface area (Å²) in [7, 11) is -3.80. The Morgan fingerprint density at radius 3 is 2.53 bits per heavy atom. The molecule has 0 aliphatic carbocycles. The van der Waals surface area contributed by atoms with Crippen LogP contribution in [-0.2, 0) is 10.0 Å². The number of rotatable bonds is 5. The molecule has 0 saturated heterocycles. The third-order valence-corrected chi connectivity index (χ3v) is 4.39. The molecule has 4 nitrogen and oxygen atoms in total. The van der Waals surface area contributed by atoms with Gasteiger partial charge in [-0.15, -0.1) is 11.6 Å². The van der Waals surface area contributed by atoms with Crippen molar-refractivity contribution in [3.8, 4) is 0 Å². The van der Waals surface area contributed by atoms with Gasteiger partial charge in [-0.2, -0.15) is 0 Å². The van der Waals surface area contributed by atoms with Crippen molar-refractivity contribution in [2.75, 3.05) is 5.88 Å². The van der Waals surface area contributed by atoms with Crippen molar-refractivity contribution in [3.05, 3.63) is 24.3 Å². The minimum Gasteiger partial charge on any atom is -0.260 e. The highest BCUT2D eigenvalue weighted by Crippen LogP contribution is 2.24. The van der Waals surface area contributed by atoms with E-state index in [1.165, 1.54) is 0 Å². The number of alkyl halides is 1. The normalized spacial score (nSPS) is 14.4. The zero-order chi connectivity index (χ0) is 14.7. The lowest BCUT2D eigenvalue weighted by molar-refractivity contribution is 0.292. The van der Waals surface area contributed by atoms with Crippen molar-refractivity contribution >= 4 is 21.6 Å². The largest absolute Gasteiger partial charge is 0.260 e. The van der Waals surface area contributed by atoms with Crippen LogP contribution < -0.4 is 4.72 Å². The van der Waals surface area contributed by atoms with Crippen LogP contribution in [0, 0.1) is 11.2 Å². The number of hydrogen-bond donors (Lipinski definition) is 1. The third-order valence-electron chi connectivity index (χ3n) is 2.73. The molecule has 1 heterocycles. The molecule has 0 aliphatic heterocycles. The van der Waals surface area contributed by atoms with E-state index in [-0.39, 0.29) is 16.4 Å². The van der Waals surface area contributed by atoms with Crippen LogP contribution in [0.15, 0.2) is 23.4 Å². The van der Waals surface area contributed by atoms with Crippen LogP contribution in [0.1, 0.15) is 27.2 Å². The second-order valence-corrected chi connectivity index (χ2v) is 7.45. The Labute approximate surface area is 118 Å². The molecular formula is C12H18ClFN2O2S. The molecule has 108 valence electrons. The summed E-state index contributed by atoms with van der Waals surface area (Å²) in [6.07, 6.45) is 2.57. The van der Waals surface area contributed by atoms with Crippen molar-refractivity contribution in [1.29, 1.82) is 0 Å². The Balaban J connectivity index is 3.01. The van der Waals surface area contributed by atoms with E-state index < -0.39 is 15.8 Å². The first-order chi connectivity index (χ1) is 8.66. The van der Waals surface area contributed by atoms with Gasteiger partial charge in [-0.1, -0.05) is 20.8 Å². The lowest BCUT2D eigenvalue weighted by Crippen LogP contribution is -2.43. The first kappa shape index (κ1) is 16.3. The highest BCUT2D eigenvalue weighted by molar-refractivity contribution is 7.89. The standard InChI is InChI=1S/C12H18ClFN2O2S/c1-12(2,3)11(4-5-13)16-19(17,18)10-6-9(14)7-15-8-10/h6-8,11,16H,4-5H2,1-3H3. The lowest BCUT2D eigenvalue weighted by atomic mass is 9.86. The fourth-order valence-corrected chi connectivity index (χ4v) is 3.24. The molecule has 0 amide bonds. The zero-order valence-electron chi connectivity index (χ0n) is 11.2. The molecule has 1 aromatic heterocycles. The van der Waals surface area contributed by atoms with Gasteiger partial charge >= 0.3 is 0 Å². The molecule has 0 aromatic carbocycles. The summed E-state index contributed by atoms with van der Waals surface area (Å²) in [5, 5.41) is 0. The van der Waals surface area contributed by atoms with E-state index in [4.69, 9.17) is 11.6 Å². The van der Waals surface area contributed by atoms with Gasteiger partial charge < -0.3 is 0 Å². The number of aromatic nitrogens is 1. The molecule has 0 aliphatic rings. The van der Waals surface area contributed by atoms with Crippen LogP contribution in [-0.4, -0.2) is 25.3 Å². The van der Waals surface area contributed by atoms with Gasteiger partial charge in [-0.05, 0) is 17.9 Å². The molecule has 1 N–H and O–H groups in total. The highest BCUT2D eigenvalue weighted by atomic mass is 35.5. The van der Waals surface area contributed by atoms with Crippen LogP contribution in [0.4, 0.5) is 4.39 Å². The number of nitrogens with zero attached hydrogens (tertiary/aromatic N) is 1. The molecule has 1 unspecified atom stereocenters. The topological polar surface area (TPSA) is 59.1 Å². The van der Waals surface area contributed by atoms with Crippen LogP contribution in [0.3, 0.4) is 0 Å². The van der Waals surface area contributed by atoms with E-state index in [9.17, 15) is 12.8 Å². The Morgan fingerprint density at radius 1 is 1.42 bits per heavy atom. The number of halogens is 2. The van der Waals surface area contributed by atoms with Crippen LogP contribution >= 0.6 is 11.6 Å². The molecule has 0 radical (unpaired) electrons. The van der Waals surface area contributed by atoms with E-state index in [1.54, 1.807) is 0 Å². The van der Waals surface area contributed by atoms with Gasteiger partial charge in [-0.3, -0.25) is 4.98 Å². The molecule has 1 rings (SSSR count). The van der Waals surface area contributed by atoms with Gasteiger partial charge in [0.25, 0.3) is 0 Å². The smallest absolute Gasteiger partial charge is 0.242 e. The van der Waals surface area contributed by atoms with E-state index in [1.807, 2.05) is 20.8 Å². The Kier molecular flexibility index (Phi) is 5.29. The molecule has 0 spiro atoms. The van der Waals surface area contributed by atoms with Gasteiger partial charge in [0, 0.05) is 18.1 Å². The van der Waals surface area contributed by atoms with Crippen molar-refractivity contribution in [3.63, 3.8) is 0 Å². The van der Waals surface area contributed by atoms with Crippen molar-refractivity contribution in [2.24, 2.45) is 5.41 Å². The van der Waals surface area contributed by atoms with Gasteiger partial charge in [0.1, 0.15) is 10.7 Å². The summed E-state index contributed by atoms with van der Waals surface area (Å²) in [5.74, 6) is -0.348. The second-order valence-electron chi connectivity index (χ2n) is 5.36. The van der Waals surface area contributed by atoms with Crippen LogP contribution in [0.25, 0.3) is 0 Å². The van der Waals surface area contributed by atoms with Crippen molar-refractivity contribution in [1.82, 2.24) is 9.71 Å². The summed E-state index contributed by atoms with van der Waals surface area (Å²) < 4.78 is 39.9. The Morgan fingerprint density at radius 2 is 2.05 bits per heavy atom. The zero-order valence-corrected chi connectivity index (χ0v) is 12.7. The molecule has 0 saturated carbocycles. The van der Waals surface area contributed by atoms with Crippen molar-refractivity contribution < 1.29 is 12.8 Å². The number of hydrogen-bond acceptors (Lipinski definition) is 3. The second kappa shape index (κ2) is 6.15. The molecule has 0 bridgehead atoms. The summed E-state index contributed by atoms with van der Waals surface area (Å²) in [4.78, 5) is 3.36. The quantitative estimate of drug-likeness (QED) is 0.850. The van der Waals surface area contributed by atoms with Gasteiger partial charge in [0.2, 0.25) is 10.0 Å². The van der Waals surface area contributed by atoms with E-state index >= 15 is 0 Å². The van der Waals surface area contributed by atoms with Gasteiger partial charge in [-0.25, -0.2) is 17.5 Å². The summed E-state index contributed by atoms with van der Waals surface area (Å²) in [6, 6.07) is 0.605. The first-order valence-electron chi connectivity index (χ1n) is 5.85. The molecular weight excluding hydrogens is 291 g/mol. The predicted octanol–water partition coefficient (Wildman–Crippen LogP) is 2.54. The van der Waals surface area contributed by atoms with Gasteiger partial charge in [0.15, 0.2) is 0 Å². The minimum absolute atomic E-state index is 0.184. The first-order valence-corrected chi connectivity index (χ1v) is 7.87. The Hall–Kier alpha value is -0.720. The van der Waals surface area contributed by atoms with Crippen LogP contribution in [0.2, 0.25) is 0 Å². The maximum atomic E-state index is 13.0. The average Bonchev–Trinajstić information content (AvgIpc) is 2.27. The van der Waals surface area contributed by atoms with E-state index in [2.05, 4.69) is 9.71 Å². The van der Waals surface area contributed by atoms with Gasteiger partial charge in [0.05, 0.1) is 6.20 Å². The number of pyridine rings is 1. The molecule has 19 heavy (non-hydrogen) atoms. The fraction of sp³-hybridized carbons (Fsp3) is 0.583. The molecule has 0 fully saturated rings. The summed E-state index contributed by atoms with van der Waals surface area (Å²) >= 11 is 5.70. The predicted molar refractivity (Wildman–Crippen MR) is 73.1 cm³/mol. The molecule has 7 heteroatoms. The van der Waals surface area contributed by atoms with E-state index in [0.717, 1.165) is 18.5 Å². The lowest BCUT2D eigenvalue weighted by Gasteiger charge is -2.30. The molecule has 1 atom stereocenters. The number of sulfonamides is 1. The fourth-order valence-electron chi connectivity index (χ4n) is 1.57. The summed E-state index contributed by atoms with van der Waals surface area (Å²) in [5.41, 5.74) is -0.289. The maximum absolute atomic E-state index is 13.0. The average molecular weight is 309 g/mol. The summed E-state index contributed by atoms with van der Waals surface area (Å²) in [6.45, 7) is 5.74. The molecule has 1 aromatic rings. The highest BCUT2D eigenvalue weighted by Gasteiger charge is 2.29. The maximum Gasteiger partial charge on any atom is 0.242 e. The monoisotopic (exact) mass is 308 g/mol. The van der Waals surface area contributed by atoms with Crippen molar-refractivity contribution in [2.45, 2.75) is 38.1 Å². The third kappa shape index (κ3) is 4.71. The SMILES string of the molecule is CC(C)(C)C(CCCl)NS(=O)(=O)c1cncc(F)c1. The van der Waals surface area contributed by atoms with Crippen LogP contribution in [0.5, 0.6) is 0 Å².